The second kappa shape index (κ2) is 5.11. The maximum atomic E-state index is 14.0. The first-order valence-corrected chi connectivity index (χ1v) is 6.31. The Morgan fingerprint density at radius 1 is 1.33 bits per heavy atom. The summed E-state index contributed by atoms with van der Waals surface area (Å²) in [7, 11) is 1.26. The standard InChI is InChI=1S/C12H13BrF2O3/c1-17-11-8(13)6-7(9(14)10(11)15)12(16)2-4-18-5-3-12/h6,16H,2-5H2,1H3. The van der Waals surface area contributed by atoms with Crippen molar-refractivity contribution in [3.05, 3.63) is 27.7 Å². The summed E-state index contributed by atoms with van der Waals surface area (Å²) in [5.41, 5.74) is -1.45. The molecule has 0 amide bonds. The van der Waals surface area contributed by atoms with E-state index in [-0.39, 0.29) is 28.6 Å². The van der Waals surface area contributed by atoms with Gasteiger partial charge in [-0.05, 0) is 22.0 Å². The highest BCUT2D eigenvalue weighted by Gasteiger charge is 2.36. The molecule has 0 radical (unpaired) electrons. The average molecular weight is 323 g/mol. The molecule has 0 bridgehead atoms. The predicted octanol–water partition coefficient (Wildman–Crippen LogP) is 2.73. The number of aliphatic hydroxyl groups is 1. The largest absolute Gasteiger partial charge is 0.492 e. The van der Waals surface area contributed by atoms with Gasteiger partial charge in [0.25, 0.3) is 0 Å². The zero-order valence-corrected chi connectivity index (χ0v) is 11.4. The zero-order chi connectivity index (χ0) is 13.3. The van der Waals surface area contributed by atoms with Gasteiger partial charge in [-0.15, -0.1) is 0 Å². The van der Waals surface area contributed by atoms with Crippen LogP contribution in [-0.2, 0) is 10.3 Å². The Hall–Kier alpha value is -0.720. The first kappa shape index (κ1) is 13.7. The normalized spacial score (nSPS) is 18.7. The van der Waals surface area contributed by atoms with Crippen molar-refractivity contribution < 1.29 is 23.4 Å². The predicted molar refractivity (Wildman–Crippen MR) is 64.6 cm³/mol. The van der Waals surface area contributed by atoms with E-state index < -0.39 is 17.2 Å². The number of hydrogen-bond acceptors (Lipinski definition) is 3. The van der Waals surface area contributed by atoms with Crippen molar-refractivity contribution in [3.8, 4) is 5.75 Å². The topological polar surface area (TPSA) is 38.7 Å². The second-order valence-electron chi connectivity index (χ2n) is 4.21. The fourth-order valence-corrected chi connectivity index (χ4v) is 2.65. The van der Waals surface area contributed by atoms with Gasteiger partial charge in [0.05, 0.1) is 17.2 Å². The van der Waals surface area contributed by atoms with Crippen molar-refractivity contribution in [2.24, 2.45) is 0 Å². The number of benzene rings is 1. The maximum Gasteiger partial charge on any atom is 0.202 e. The fraction of sp³-hybridized carbons (Fsp3) is 0.500. The molecule has 1 N–H and O–H groups in total. The molecule has 1 aromatic carbocycles. The third kappa shape index (κ3) is 2.24. The van der Waals surface area contributed by atoms with E-state index in [9.17, 15) is 13.9 Å². The van der Waals surface area contributed by atoms with Crippen LogP contribution >= 0.6 is 15.9 Å². The minimum Gasteiger partial charge on any atom is -0.492 e. The van der Waals surface area contributed by atoms with Crippen LogP contribution in [0.5, 0.6) is 5.75 Å². The first-order chi connectivity index (χ1) is 8.49. The van der Waals surface area contributed by atoms with Gasteiger partial charge >= 0.3 is 0 Å². The minimum atomic E-state index is -1.39. The van der Waals surface area contributed by atoms with Crippen LogP contribution in [0, 0.1) is 11.6 Å². The van der Waals surface area contributed by atoms with Gasteiger partial charge in [0.1, 0.15) is 0 Å². The van der Waals surface area contributed by atoms with Crippen molar-refractivity contribution >= 4 is 15.9 Å². The monoisotopic (exact) mass is 322 g/mol. The molecule has 0 aromatic heterocycles. The van der Waals surface area contributed by atoms with Gasteiger partial charge < -0.3 is 14.6 Å². The third-order valence-electron chi connectivity index (χ3n) is 3.14. The molecule has 0 atom stereocenters. The lowest BCUT2D eigenvalue weighted by molar-refractivity contribution is -0.0701. The van der Waals surface area contributed by atoms with E-state index in [1.54, 1.807) is 0 Å². The average Bonchev–Trinajstić information content (AvgIpc) is 2.35. The van der Waals surface area contributed by atoms with Gasteiger partial charge in [-0.1, -0.05) is 0 Å². The molecule has 18 heavy (non-hydrogen) atoms. The summed E-state index contributed by atoms with van der Waals surface area (Å²) < 4.78 is 37.9. The molecule has 100 valence electrons. The lowest BCUT2D eigenvalue weighted by atomic mass is 9.86. The Morgan fingerprint density at radius 3 is 2.50 bits per heavy atom. The van der Waals surface area contributed by atoms with Gasteiger partial charge in [0.2, 0.25) is 5.82 Å². The SMILES string of the molecule is COc1c(Br)cc(C2(O)CCOCC2)c(F)c1F. The first-order valence-electron chi connectivity index (χ1n) is 5.51. The van der Waals surface area contributed by atoms with Crippen LogP contribution in [0.2, 0.25) is 0 Å². The van der Waals surface area contributed by atoms with Crippen molar-refractivity contribution in [1.82, 2.24) is 0 Å². The van der Waals surface area contributed by atoms with Crippen molar-refractivity contribution in [1.29, 1.82) is 0 Å². The Balaban J connectivity index is 2.51. The van der Waals surface area contributed by atoms with Crippen LogP contribution in [0.1, 0.15) is 18.4 Å². The summed E-state index contributed by atoms with van der Waals surface area (Å²) in [6.45, 7) is 0.641. The number of ether oxygens (including phenoxy) is 2. The molecule has 3 nitrogen and oxygen atoms in total. The van der Waals surface area contributed by atoms with Crippen LogP contribution in [0.4, 0.5) is 8.78 Å². The highest BCUT2D eigenvalue weighted by atomic mass is 79.9. The van der Waals surface area contributed by atoms with Crippen LogP contribution < -0.4 is 4.74 Å². The Bertz CT molecular complexity index is 459. The van der Waals surface area contributed by atoms with Gasteiger partial charge in [0.15, 0.2) is 11.6 Å². The molecule has 1 aliphatic rings. The van der Waals surface area contributed by atoms with Crippen molar-refractivity contribution in [3.63, 3.8) is 0 Å². The third-order valence-corrected chi connectivity index (χ3v) is 3.73. The molecule has 1 heterocycles. The van der Waals surface area contributed by atoms with E-state index in [4.69, 9.17) is 9.47 Å². The molecule has 1 aromatic rings. The molecule has 2 rings (SSSR count). The molecule has 1 fully saturated rings. The van der Waals surface area contributed by atoms with Crippen molar-refractivity contribution in [2.75, 3.05) is 20.3 Å². The summed E-state index contributed by atoms with van der Waals surface area (Å²) >= 11 is 3.11. The van der Waals surface area contributed by atoms with E-state index in [1.165, 1.54) is 13.2 Å². The molecule has 0 aliphatic carbocycles. The van der Waals surface area contributed by atoms with Gasteiger partial charge in [-0.25, -0.2) is 4.39 Å². The number of rotatable bonds is 2. The highest BCUT2D eigenvalue weighted by molar-refractivity contribution is 9.10. The quantitative estimate of drug-likeness (QED) is 0.851. The van der Waals surface area contributed by atoms with E-state index in [2.05, 4.69) is 15.9 Å². The second-order valence-corrected chi connectivity index (χ2v) is 5.07. The van der Waals surface area contributed by atoms with Crippen LogP contribution in [0.3, 0.4) is 0 Å². The van der Waals surface area contributed by atoms with E-state index >= 15 is 0 Å². The summed E-state index contributed by atoms with van der Waals surface area (Å²) in [6.07, 6.45) is 0.476. The highest BCUT2D eigenvalue weighted by Crippen LogP contribution is 2.40. The summed E-state index contributed by atoms with van der Waals surface area (Å²) in [4.78, 5) is 0. The van der Waals surface area contributed by atoms with E-state index in [0.29, 0.717) is 13.2 Å². The van der Waals surface area contributed by atoms with Crippen LogP contribution in [-0.4, -0.2) is 25.4 Å². The Labute approximate surface area is 112 Å². The molecule has 0 spiro atoms. The lowest BCUT2D eigenvalue weighted by Gasteiger charge is -2.33. The van der Waals surface area contributed by atoms with Gasteiger partial charge in [-0.3, -0.25) is 0 Å². The molecular weight excluding hydrogens is 310 g/mol. The van der Waals surface area contributed by atoms with E-state index in [0.717, 1.165) is 0 Å². The maximum absolute atomic E-state index is 14.0. The molecule has 6 heteroatoms. The number of halogens is 3. The van der Waals surface area contributed by atoms with Gasteiger partial charge in [-0.2, -0.15) is 4.39 Å². The van der Waals surface area contributed by atoms with E-state index in [1.807, 2.05) is 0 Å². The summed E-state index contributed by atoms with van der Waals surface area (Å²) in [6, 6.07) is 1.36. The minimum absolute atomic E-state index is 0.0593. The fourth-order valence-electron chi connectivity index (χ4n) is 2.08. The van der Waals surface area contributed by atoms with Crippen LogP contribution in [0.25, 0.3) is 0 Å². The van der Waals surface area contributed by atoms with Crippen molar-refractivity contribution in [2.45, 2.75) is 18.4 Å². The Kier molecular flexibility index (Phi) is 3.89. The number of methoxy groups -OCH3 is 1. The summed E-state index contributed by atoms with van der Waals surface area (Å²) in [5, 5.41) is 10.4. The van der Waals surface area contributed by atoms with Gasteiger partial charge in [0, 0.05) is 31.6 Å². The van der Waals surface area contributed by atoms with Crippen LogP contribution in [0.15, 0.2) is 10.5 Å². The molecule has 1 saturated heterocycles. The molecule has 0 unspecified atom stereocenters. The zero-order valence-electron chi connectivity index (χ0n) is 9.80. The molecule has 1 aliphatic heterocycles. The number of hydrogen-bond donors (Lipinski definition) is 1. The Morgan fingerprint density at radius 2 is 1.94 bits per heavy atom. The molecule has 0 saturated carbocycles. The molecular formula is C12H13BrF2O3. The lowest BCUT2D eigenvalue weighted by Crippen LogP contribution is -2.34. The summed E-state index contributed by atoms with van der Waals surface area (Å²) in [5.74, 6) is -2.37. The smallest absolute Gasteiger partial charge is 0.202 e.